The first-order valence-corrected chi connectivity index (χ1v) is 7.32. The zero-order valence-electron chi connectivity index (χ0n) is 13.6. The van der Waals surface area contributed by atoms with E-state index in [-0.39, 0.29) is 24.2 Å². The number of anilines is 1. The lowest BCUT2D eigenvalue weighted by Gasteiger charge is -2.23. The van der Waals surface area contributed by atoms with Gasteiger partial charge in [0.05, 0.1) is 6.61 Å². The van der Waals surface area contributed by atoms with Crippen LogP contribution in [0, 0.1) is 0 Å². The Hall–Kier alpha value is -1.17. The summed E-state index contributed by atoms with van der Waals surface area (Å²) in [5, 5.41) is 9.50. The number of hydrogen-bond acceptors (Lipinski definition) is 5. The van der Waals surface area contributed by atoms with E-state index in [0.29, 0.717) is 0 Å². The fourth-order valence-corrected chi connectivity index (χ4v) is 2.59. The number of nitrogens with zero attached hydrogens (tertiary/aromatic N) is 2. The highest BCUT2D eigenvalue weighted by Gasteiger charge is 2.34. The van der Waals surface area contributed by atoms with Crippen LogP contribution in [-0.2, 0) is 21.5 Å². The molecule has 1 saturated heterocycles. The second kappa shape index (κ2) is 6.30. The van der Waals surface area contributed by atoms with Crippen molar-refractivity contribution in [1.82, 2.24) is 4.98 Å². The summed E-state index contributed by atoms with van der Waals surface area (Å²) in [6.45, 7) is 7.90. The van der Waals surface area contributed by atoms with Crippen LogP contribution < -0.4 is 4.90 Å². The van der Waals surface area contributed by atoms with Crippen LogP contribution in [0.15, 0.2) is 12.1 Å². The first kappa shape index (κ1) is 16.2. The second-order valence-electron chi connectivity index (χ2n) is 6.58. The smallest absolute Gasteiger partial charge is 0.129 e. The lowest BCUT2D eigenvalue weighted by atomic mass is 9.91. The lowest BCUT2D eigenvalue weighted by Crippen LogP contribution is -2.27. The zero-order chi connectivity index (χ0) is 15.6. The van der Waals surface area contributed by atoms with Crippen molar-refractivity contribution in [2.24, 2.45) is 0 Å². The van der Waals surface area contributed by atoms with Crippen LogP contribution in [-0.4, -0.2) is 49.6 Å². The van der Waals surface area contributed by atoms with Gasteiger partial charge in [0.2, 0.25) is 0 Å². The Bertz CT molecular complexity index is 473. The fourth-order valence-electron chi connectivity index (χ4n) is 2.59. The van der Waals surface area contributed by atoms with Gasteiger partial charge in [0.15, 0.2) is 0 Å². The minimum Gasteiger partial charge on any atom is -0.392 e. The molecule has 2 atom stereocenters. The fraction of sp³-hybridized carbons (Fsp3) is 0.688. The van der Waals surface area contributed by atoms with E-state index in [1.165, 1.54) is 0 Å². The number of aromatic nitrogens is 1. The molecule has 1 aromatic heterocycles. The molecule has 0 saturated carbocycles. The first-order valence-electron chi connectivity index (χ1n) is 7.32. The van der Waals surface area contributed by atoms with Gasteiger partial charge in [0.1, 0.15) is 18.0 Å². The summed E-state index contributed by atoms with van der Waals surface area (Å²) in [7, 11) is 3.41. The van der Waals surface area contributed by atoms with E-state index in [2.05, 4.69) is 25.7 Å². The van der Waals surface area contributed by atoms with Gasteiger partial charge in [-0.3, -0.25) is 0 Å². The molecular formula is C16H26N2O3. The number of pyridine rings is 1. The zero-order valence-corrected chi connectivity index (χ0v) is 13.6. The molecule has 5 nitrogen and oxygen atoms in total. The molecule has 2 rings (SSSR count). The predicted molar refractivity (Wildman–Crippen MR) is 82.7 cm³/mol. The average molecular weight is 294 g/mol. The molecule has 2 unspecified atom stereocenters. The van der Waals surface area contributed by atoms with Crippen LogP contribution in [0.25, 0.3) is 0 Å². The molecule has 1 aliphatic rings. The third-order valence-corrected chi connectivity index (χ3v) is 3.97. The van der Waals surface area contributed by atoms with Gasteiger partial charge in [0, 0.05) is 38.4 Å². The van der Waals surface area contributed by atoms with Crippen LogP contribution >= 0.6 is 0 Å². The Balaban J connectivity index is 2.31. The summed E-state index contributed by atoms with van der Waals surface area (Å²) in [6, 6.07) is 3.92. The van der Waals surface area contributed by atoms with E-state index < -0.39 is 0 Å². The molecule has 0 radical (unpaired) electrons. The van der Waals surface area contributed by atoms with Crippen molar-refractivity contribution in [3.8, 4) is 0 Å². The molecule has 0 aliphatic carbocycles. The molecular weight excluding hydrogens is 268 g/mol. The number of aliphatic hydroxyl groups excluding tert-OH is 1. The van der Waals surface area contributed by atoms with E-state index in [9.17, 15) is 5.11 Å². The topological polar surface area (TPSA) is 54.8 Å². The van der Waals surface area contributed by atoms with Crippen LogP contribution in [0.1, 0.15) is 32.0 Å². The van der Waals surface area contributed by atoms with Crippen molar-refractivity contribution < 1.29 is 14.6 Å². The number of aliphatic hydroxyl groups is 1. The summed E-state index contributed by atoms with van der Waals surface area (Å²) in [4.78, 5) is 6.94. The molecule has 0 aromatic carbocycles. The first-order chi connectivity index (χ1) is 9.88. The largest absolute Gasteiger partial charge is 0.392 e. The molecule has 21 heavy (non-hydrogen) atoms. The highest BCUT2D eigenvalue weighted by molar-refractivity contribution is 5.45. The van der Waals surface area contributed by atoms with Crippen LogP contribution in [0.5, 0.6) is 0 Å². The van der Waals surface area contributed by atoms with Crippen molar-refractivity contribution >= 4 is 5.82 Å². The van der Waals surface area contributed by atoms with E-state index >= 15 is 0 Å². The average Bonchev–Trinajstić information content (AvgIpc) is 2.89. The summed E-state index contributed by atoms with van der Waals surface area (Å²) in [6.07, 6.45) is 0.0975. The SMILES string of the molecule is COC1CN(c2cc(CO)cc(C(C)(C)C)n2)CC1OC. The number of ether oxygens (including phenoxy) is 2. The normalized spacial score (nSPS) is 22.9. The van der Waals surface area contributed by atoms with Crippen molar-refractivity contribution in [1.29, 1.82) is 0 Å². The molecule has 5 heteroatoms. The minimum absolute atomic E-state index is 0.0217. The maximum atomic E-state index is 9.50. The number of methoxy groups -OCH3 is 2. The number of rotatable bonds is 4. The standard InChI is InChI=1S/C16H26N2O3/c1-16(2,3)14-6-11(10-19)7-15(17-14)18-8-12(20-4)13(9-18)21-5/h6-7,12-13,19H,8-10H2,1-5H3. The van der Waals surface area contributed by atoms with E-state index in [4.69, 9.17) is 14.5 Å². The van der Waals surface area contributed by atoms with E-state index in [1.807, 2.05) is 12.1 Å². The predicted octanol–water partition coefficient (Wildman–Crippen LogP) is 1.72. The molecule has 0 bridgehead atoms. The van der Waals surface area contributed by atoms with Gasteiger partial charge in [-0.15, -0.1) is 0 Å². The Labute approximate surface area is 126 Å². The second-order valence-corrected chi connectivity index (χ2v) is 6.58. The van der Waals surface area contributed by atoms with Gasteiger partial charge >= 0.3 is 0 Å². The van der Waals surface area contributed by atoms with Crippen molar-refractivity contribution in [2.45, 2.75) is 45.0 Å². The van der Waals surface area contributed by atoms with Gasteiger partial charge < -0.3 is 19.5 Å². The monoisotopic (exact) mass is 294 g/mol. The Morgan fingerprint density at radius 1 is 1.19 bits per heavy atom. The summed E-state index contributed by atoms with van der Waals surface area (Å²) < 4.78 is 11.0. The minimum atomic E-state index is -0.0546. The van der Waals surface area contributed by atoms with Gasteiger partial charge in [-0.2, -0.15) is 0 Å². The summed E-state index contributed by atoms with van der Waals surface area (Å²) >= 11 is 0. The van der Waals surface area contributed by atoms with E-state index in [1.54, 1.807) is 14.2 Å². The Kier molecular flexibility index (Phi) is 4.86. The van der Waals surface area contributed by atoms with Crippen molar-refractivity contribution in [3.05, 3.63) is 23.4 Å². The van der Waals surface area contributed by atoms with Crippen molar-refractivity contribution in [3.63, 3.8) is 0 Å². The maximum Gasteiger partial charge on any atom is 0.129 e. The van der Waals surface area contributed by atoms with Gasteiger partial charge in [-0.1, -0.05) is 20.8 Å². The van der Waals surface area contributed by atoms with Gasteiger partial charge in [0.25, 0.3) is 0 Å². The lowest BCUT2D eigenvalue weighted by molar-refractivity contribution is -0.00461. The molecule has 1 aliphatic heterocycles. The third kappa shape index (κ3) is 3.54. The van der Waals surface area contributed by atoms with Crippen LogP contribution in [0.3, 0.4) is 0 Å². The number of hydrogen-bond donors (Lipinski definition) is 1. The molecule has 0 amide bonds. The summed E-state index contributed by atoms with van der Waals surface area (Å²) in [5.74, 6) is 0.882. The van der Waals surface area contributed by atoms with Gasteiger partial charge in [-0.05, 0) is 17.7 Å². The highest BCUT2D eigenvalue weighted by atomic mass is 16.5. The van der Waals surface area contributed by atoms with Crippen LogP contribution in [0.2, 0.25) is 0 Å². The Morgan fingerprint density at radius 2 is 1.76 bits per heavy atom. The molecule has 0 spiro atoms. The van der Waals surface area contributed by atoms with Crippen molar-refractivity contribution in [2.75, 3.05) is 32.2 Å². The molecule has 118 valence electrons. The molecule has 1 N–H and O–H groups in total. The molecule has 1 fully saturated rings. The highest BCUT2D eigenvalue weighted by Crippen LogP contribution is 2.27. The van der Waals surface area contributed by atoms with E-state index in [0.717, 1.165) is 30.2 Å². The summed E-state index contributed by atoms with van der Waals surface area (Å²) in [5.41, 5.74) is 1.82. The molecule has 2 heterocycles. The van der Waals surface area contributed by atoms with Gasteiger partial charge in [-0.25, -0.2) is 4.98 Å². The maximum absolute atomic E-state index is 9.50. The molecule has 1 aromatic rings. The quantitative estimate of drug-likeness (QED) is 0.916. The van der Waals surface area contributed by atoms with Crippen LogP contribution in [0.4, 0.5) is 5.82 Å². The Morgan fingerprint density at radius 3 is 2.19 bits per heavy atom. The third-order valence-electron chi connectivity index (χ3n) is 3.97.